The second-order valence-electron chi connectivity index (χ2n) is 7.33. The van der Waals surface area contributed by atoms with Gasteiger partial charge in [0.05, 0.1) is 49.0 Å². The lowest BCUT2D eigenvalue weighted by Gasteiger charge is -2.34. The van der Waals surface area contributed by atoms with E-state index in [4.69, 9.17) is 0 Å². The van der Waals surface area contributed by atoms with E-state index in [-0.39, 0.29) is 5.91 Å². The van der Waals surface area contributed by atoms with Gasteiger partial charge in [-0.15, -0.1) is 11.3 Å². The van der Waals surface area contributed by atoms with E-state index >= 15 is 0 Å². The highest BCUT2D eigenvalue weighted by atomic mass is 32.1. The van der Waals surface area contributed by atoms with Gasteiger partial charge in [-0.3, -0.25) is 4.79 Å². The van der Waals surface area contributed by atoms with E-state index in [0.29, 0.717) is 0 Å². The van der Waals surface area contributed by atoms with Crippen LogP contribution in [0.25, 0.3) is 0 Å². The monoisotopic (exact) mass is 370 g/mol. The van der Waals surface area contributed by atoms with Gasteiger partial charge in [0.15, 0.2) is 0 Å². The lowest BCUT2D eigenvalue weighted by atomic mass is 9.99. The van der Waals surface area contributed by atoms with Gasteiger partial charge < -0.3 is 15.1 Å². The van der Waals surface area contributed by atoms with E-state index in [2.05, 4.69) is 35.3 Å². The van der Waals surface area contributed by atoms with Gasteiger partial charge in [0, 0.05) is 4.88 Å². The summed E-state index contributed by atoms with van der Waals surface area (Å²) in [6.07, 6.45) is 4.76. The number of anilines is 2. The molecule has 0 unspecified atom stereocenters. The number of aryl methyl sites for hydroxylation is 2. The van der Waals surface area contributed by atoms with Crippen LogP contribution in [0.3, 0.4) is 0 Å². The van der Waals surface area contributed by atoms with Crippen LogP contribution < -0.4 is 15.1 Å². The number of quaternary nitrogens is 1. The predicted octanol–water partition coefficient (Wildman–Crippen LogP) is 2.60. The zero-order valence-corrected chi connectivity index (χ0v) is 16.3. The molecule has 26 heavy (non-hydrogen) atoms. The molecule has 2 aliphatic rings. The predicted molar refractivity (Wildman–Crippen MR) is 109 cm³/mol. The van der Waals surface area contributed by atoms with Gasteiger partial charge in [-0.25, -0.2) is 0 Å². The molecule has 2 aromatic rings. The van der Waals surface area contributed by atoms with Crippen LogP contribution in [-0.2, 0) is 12.8 Å². The molecule has 1 saturated heterocycles. The Morgan fingerprint density at radius 1 is 1.19 bits per heavy atom. The lowest BCUT2D eigenvalue weighted by molar-refractivity contribution is -0.898. The van der Waals surface area contributed by atoms with Gasteiger partial charge in [0.1, 0.15) is 0 Å². The van der Waals surface area contributed by atoms with Crippen LogP contribution in [0.5, 0.6) is 0 Å². The third kappa shape index (κ3) is 3.64. The first-order valence-corrected chi connectivity index (χ1v) is 10.7. The van der Waals surface area contributed by atoms with Crippen molar-refractivity contribution in [3.63, 3.8) is 0 Å². The molecule has 5 heteroatoms. The molecule has 138 valence electrons. The number of fused-ring (bicyclic) bond motifs is 1. The molecule has 2 N–H and O–H groups in total. The summed E-state index contributed by atoms with van der Waals surface area (Å²) in [4.78, 5) is 19.2. The number of piperazine rings is 1. The molecule has 1 aliphatic carbocycles. The highest BCUT2D eigenvalue weighted by molar-refractivity contribution is 7.14. The standard InChI is InChI=1S/C21H27N3OS/c1-2-23-11-13-24(14-12-23)18-9-5-4-8-17(18)22-21(25)20-15-16-7-3-6-10-19(16)26-20/h4-5,8-9,15H,2-3,6-7,10-14H2,1H3,(H,22,25)/p+1. The third-order valence-corrected chi connectivity index (χ3v) is 6.92. The number of rotatable bonds is 4. The van der Waals surface area contributed by atoms with E-state index in [9.17, 15) is 4.79 Å². The molecule has 1 aromatic heterocycles. The molecule has 4 nitrogen and oxygen atoms in total. The highest BCUT2D eigenvalue weighted by Gasteiger charge is 2.22. The topological polar surface area (TPSA) is 36.8 Å². The molecule has 2 heterocycles. The van der Waals surface area contributed by atoms with Crippen molar-refractivity contribution in [2.45, 2.75) is 32.6 Å². The van der Waals surface area contributed by atoms with Crippen molar-refractivity contribution in [3.05, 3.63) is 45.6 Å². The van der Waals surface area contributed by atoms with Crippen LogP contribution >= 0.6 is 11.3 Å². The molecule has 0 atom stereocenters. The summed E-state index contributed by atoms with van der Waals surface area (Å²) >= 11 is 1.68. The molecule has 1 amide bonds. The number of thiophene rings is 1. The maximum atomic E-state index is 12.8. The van der Waals surface area contributed by atoms with Gasteiger partial charge in [-0.2, -0.15) is 0 Å². The van der Waals surface area contributed by atoms with E-state index in [1.165, 1.54) is 29.8 Å². The molecule has 0 bridgehead atoms. The SMILES string of the molecule is CC[NH+]1CCN(c2ccccc2NC(=O)c2cc3c(s2)CCCC3)CC1. The number of hydrogen-bond acceptors (Lipinski definition) is 3. The fourth-order valence-corrected chi connectivity index (χ4v) is 5.21. The van der Waals surface area contributed by atoms with Gasteiger partial charge >= 0.3 is 0 Å². The Balaban J connectivity index is 1.50. The van der Waals surface area contributed by atoms with Crippen molar-refractivity contribution in [1.29, 1.82) is 0 Å². The average molecular weight is 371 g/mol. The summed E-state index contributed by atoms with van der Waals surface area (Å²) in [5.41, 5.74) is 3.47. The van der Waals surface area contributed by atoms with Crippen molar-refractivity contribution >= 4 is 28.6 Å². The summed E-state index contributed by atoms with van der Waals surface area (Å²) in [6, 6.07) is 10.3. The first-order valence-electron chi connectivity index (χ1n) is 9.85. The maximum Gasteiger partial charge on any atom is 0.265 e. The Bertz CT molecular complexity index is 754. The van der Waals surface area contributed by atoms with Crippen LogP contribution in [0, 0.1) is 0 Å². The summed E-state index contributed by atoms with van der Waals surface area (Å²) < 4.78 is 0. The lowest BCUT2D eigenvalue weighted by Crippen LogP contribution is -3.14. The first-order chi connectivity index (χ1) is 12.7. The summed E-state index contributed by atoms with van der Waals surface area (Å²) in [7, 11) is 0. The fourth-order valence-electron chi connectivity index (χ4n) is 4.06. The van der Waals surface area contributed by atoms with Crippen molar-refractivity contribution in [2.24, 2.45) is 0 Å². The number of carbonyl (C=O) groups is 1. The molecule has 0 spiro atoms. The largest absolute Gasteiger partial charge is 0.359 e. The molecule has 1 fully saturated rings. The van der Waals surface area contributed by atoms with Gasteiger partial charge in [-0.1, -0.05) is 12.1 Å². The van der Waals surface area contributed by atoms with Crippen LogP contribution in [0.4, 0.5) is 11.4 Å². The normalized spacial score (nSPS) is 17.8. The van der Waals surface area contributed by atoms with E-state index in [0.717, 1.165) is 55.3 Å². The highest BCUT2D eigenvalue weighted by Crippen LogP contribution is 2.31. The molecule has 1 aliphatic heterocycles. The average Bonchev–Trinajstić information content (AvgIpc) is 3.13. The van der Waals surface area contributed by atoms with Gasteiger partial charge in [0.25, 0.3) is 5.91 Å². The number of carbonyl (C=O) groups excluding carboxylic acids is 1. The number of benzene rings is 1. The zero-order valence-electron chi connectivity index (χ0n) is 15.5. The van der Waals surface area contributed by atoms with Gasteiger partial charge in [0.2, 0.25) is 0 Å². The third-order valence-electron chi connectivity index (χ3n) is 5.68. The van der Waals surface area contributed by atoms with Crippen molar-refractivity contribution in [2.75, 3.05) is 42.9 Å². The zero-order chi connectivity index (χ0) is 17.9. The minimum atomic E-state index is 0.0367. The second kappa shape index (κ2) is 7.80. The van der Waals surface area contributed by atoms with E-state index < -0.39 is 0 Å². The van der Waals surface area contributed by atoms with Crippen LogP contribution in [0.2, 0.25) is 0 Å². The van der Waals surface area contributed by atoms with E-state index in [1.807, 2.05) is 12.1 Å². The van der Waals surface area contributed by atoms with Crippen molar-refractivity contribution < 1.29 is 9.69 Å². The Hall–Kier alpha value is -1.85. The van der Waals surface area contributed by atoms with Crippen LogP contribution in [0.15, 0.2) is 30.3 Å². The molecule has 0 radical (unpaired) electrons. The Kier molecular flexibility index (Phi) is 5.27. The molecular weight excluding hydrogens is 342 g/mol. The minimum Gasteiger partial charge on any atom is -0.359 e. The number of hydrogen-bond donors (Lipinski definition) is 2. The summed E-state index contributed by atoms with van der Waals surface area (Å²) in [5.74, 6) is 0.0367. The molecule has 0 saturated carbocycles. The molecular formula is C21H28N3OS+. The number of para-hydroxylation sites is 2. The Morgan fingerprint density at radius 2 is 1.96 bits per heavy atom. The number of amides is 1. The molecule has 4 rings (SSSR count). The Labute approximate surface area is 159 Å². The smallest absolute Gasteiger partial charge is 0.265 e. The quantitative estimate of drug-likeness (QED) is 0.868. The summed E-state index contributed by atoms with van der Waals surface area (Å²) in [5, 5.41) is 3.18. The number of nitrogens with one attached hydrogen (secondary N) is 2. The fraction of sp³-hybridized carbons (Fsp3) is 0.476. The van der Waals surface area contributed by atoms with E-state index in [1.54, 1.807) is 16.2 Å². The molecule has 1 aromatic carbocycles. The van der Waals surface area contributed by atoms with Gasteiger partial charge in [-0.05, 0) is 56.4 Å². The van der Waals surface area contributed by atoms with Crippen LogP contribution in [0.1, 0.15) is 39.9 Å². The minimum absolute atomic E-state index is 0.0367. The van der Waals surface area contributed by atoms with Crippen LogP contribution in [-0.4, -0.2) is 38.6 Å². The number of likely N-dealkylation sites (N-methyl/N-ethyl adjacent to an activating group) is 1. The number of nitrogens with zero attached hydrogens (tertiary/aromatic N) is 1. The van der Waals surface area contributed by atoms with Crippen molar-refractivity contribution in [1.82, 2.24) is 0 Å². The maximum absolute atomic E-state index is 12.8. The Morgan fingerprint density at radius 3 is 2.73 bits per heavy atom. The second-order valence-corrected chi connectivity index (χ2v) is 8.46. The first kappa shape index (κ1) is 17.6. The van der Waals surface area contributed by atoms with Crippen molar-refractivity contribution in [3.8, 4) is 0 Å². The summed E-state index contributed by atoms with van der Waals surface area (Å²) in [6.45, 7) is 7.86.